The Morgan fingerprint density at radius 1 is 1.28 bits per heavy atom. The Labute approximate surface area is 114 Å². The minimum Gasteiger partial charge on any atom is -0.313 e. The summed E-state index contributed by atoms with van der Waals surface area (Å²) in [5, 5.41) is 5.09. The standard InChI is InChI=1S/C14H23N3S/c1-11-8-16-14(17-9-11)18-12(2)10-15-13-6-4-3-5-7-13/h8-9,12-13,15H,3-7,10H2,1-2H3. The van der Waals surface area contributed by atoms with E-state index in [1.54, 1.807) is 11.8 Å². The number of thioether (sulfide) groups is 1. The molecule has 0 spiro atoms. The maximum Gasteiger partial charge on any atom is 0.187 e. The summed E-state index contributed by atoms with van der Waals surface area (Å²) >= 11 is 1.76. The molecule has 0 radical (unpaired) electrons. The first-order valence-electron chi connectivity index (χ1n) is 6.93. The number of nitrogens with one attached hydrogen (secondary N) is 1. The Morgan fingerprint density at radius 3 is 2.61 bits per heavy atom. The number of hydrogen-bond donors (Lipinski definition) is 1. The van der Waals surface area contributed by atoms with Crippen LogP contribution in [0.25, 0.3) is 0 Å². The molecule has 100 valence electrons. The third kappa shape index (κ3) is 4.58. The van der Waals surface area contributed by atoms with Gasteiger partial charge in [0.05, 0.1) is 0 Å². The van der Waals surface area contributed by atoms with E-state index in [0.29, 0.717) is 5.25 Å². The molecule has 1 aliphatic carbocycles. The van der Waals surface area contributed by atoms with Crippen LogP contribution in [0.2, 0.25) is 0 Å². The van der Waals surface area contributed by atoms with Crippen LogP contribution in [0.5, 0.6) is 0 Å². The quantitative estimate of drug-likeness (QED) is 0.655. The zero-order chi connectivity index (χ0) is 12.8. The fourth-order valence-corrected chi connectivity index (χ4v) is 3.07. The smallest absolute Gasteiger partial charge is 0.187 e. The summed E-state index contributed by atoms with van der Waals surface area (Å²) in [6.45, 7) is 5.30. The summed E-state index contributed by atoms with van der Waals surface area (Å²) in [6, 6.07) is 0.737. The van der Waals surface area contributed by atoms with Gasteiger partial charge in [-0.3, -0.25) is 0 Å². The maximum atomic E-state index is 4.34. The monoisotopic (exact) mass is 265 g/mol. The Morgan fingerprint density at radius 2 is 1.94 bits per heavy atom. The van der Waals surface area contributed by atoms with Crippen molar-refractivity contribution >= 4 is 11.8 Å². The Hall–Kier alpha value is -0.610. The number of hydrogen-bond acceptors (Lipinski definition) is 4. The number of rotatable bonds is 5. The summed E-state index contributed by atoms with van der Waals surface area (Å²) in [5.41, 5.74) is 1.12. The fraction of sp³-hybridized carbons (Fsp3) is 0.714. The third-order valence-corrected chi connectivity index (χ3v) is 4.35. The molecule has 1 aliphatic rings. The van der Waals surface area contributed by atoms with Crippen molar-refractivity contribution < 1.29 is 0 Å². The summed E-state index contributed by atoms with van der Waals surface area (Å²) in [5.74, 6) is 0. The first-order valence-corrected chi connectivity index (χ1v) is 7.80. The van der Waals surface area contributed by atoms with Gasteiger partial charge in [-0.2, -0.15) is 0 Å². The van der Waals surface area contributed by atoms with Gasteiger partial charge < -0.3 is 5.32 Å². The lowest BCUT2D eigenvalue weighted by molar-refractivity contribution is 0.375. The van der Waals surface area contributed by atoms with E-state index in [9.17, 15) is 0 Å². The number of aromatic nitrogens is 2. The van der Waals surface area contributed by atoms with Gasteiger partial charge in [0.1, 0.15) is 0 Å². The van der Waals surface area contributed by atoms with Crippen molar-refractivity contribution in [3.05, 3.63) is 18.0 Å². The van der Waals surface area contributed by atoms with Crippen LogP contribution < -0.4 is 5.32 Å². The third-order valence-electron chi connectivity index (χ3n) is 3.36. The van der Waals surface area contributed by atoms with Crippen molar-refractivity contribution in [3.63, 3.8) is 0 Å². The zero-order valence-corrected chi connectivity index (χ0v) is 12.2. The minimum absolute atomic E-state index is 0.523. The minimum atomic E-state index is 0.523. The maximum absolute atomic E-state index is 4.34. The van der Waals surface area contributed by atoms with Crippen LogP contribution in [0.15, 0.2) is 17.6 Å². The van der Waals surface area contributed by atoms with E-state index in [1.807, 2.05) is 19.3 Å². The molecule has 1 fully saturated rings. The molecule has 0 aromatic carbocycles. The van der Waals surface area contributed by atoms with Crippen LogP contribution in [-0.4, -0.2) is 27.8 Å². The van der Waals surface area contributed by atoms with Crippen LogP contribution in [0.4, 0.5) is 0 Å². The van der Waals surface area contributed by atoms with E-state index in [1.165, 1.54) is 32.1 Å². The van der Waals surface area contributed by atoms with Crippen molar-refractivity contribution in [2.75, 3.05) is 6.54 Å². The number of aryl methyl sites for hydroxylation is 1. The molecule has 0 bridgehead atoms. The molecule has 4 heteroatoms. The summed E-state index contributed by atoms with van der Waals surface area (Å²) in [7, 11) is 0. The van der Waals surface area contributed by atoms with Crippen LogP contribution >= 0.6 is 11.8 Å². The topological polar surface area (TPSA) is 37.8 Å². The highest BCUT2D eigenvalue weighted by Crippen LogP contribution is 2.20. The SMILES string of the molecule is Cc1cnc(SC(C)CNC2CCCCC2)nc1. The van der Waals surface area contributed by atoms with Gasteiger partial charge in [0, 0.05) is 30.2 Å². The molecule has 1 aromatic rings. The predicted molar refractivity (Wildman–Crippen MR) is 77.0 cm³/mol. The molecule has 0 amide bonds. The van der Waals surface area contributed by atoms with E-state index < -0.39 is 0 Å². The van der Waals surface area contributed by atoms with Crippen LogP contribution in [0.3, 0.4) is 0 Å². The fourth-order valence-electron chi connectivity index (χ4n) is 2.30. The molecule has 0 aliphatic heterocycles. The largest absolute Gasteiger partial charge is 0.313 e. The number of nitrogens with zero attached hydrogens (tertiary/aromatic N) is 2. The van der Waals surface area contributed by atoms with Crippen LogP contribution in [-0.2, 0) is 0 Å². The summed E-state index contributed by atoms with van der Waals surface area (Å²) in [4.78, 5) is 8.67. The molecule has 1 atom stereocenters. The predicted octanol–water partition coefficient (Wildman–Crippen LogP) is 3.19. The normalized spacial score (nSPS) is 18.8. The average Bonchev–Trinajstić information content (AvgIpc) is 2.40. The van der Waals surface area contributed by atoms with Gasteiger partial charge in [0.15, 0.2) is 5.16 Å². The van der Waals surface area contributed by atoms with Gasteiger partial charge in [0.25, 0.3) is 0 Å². The van der Waals surface area contributed by atoms with E-state index in [4.69, 9.17) is 0 Å². The first kappa shape index (κ1) is 13.8. The zero-order valence-electron chi connectivity index (χ0n) is 11.4. The van der Waals surface area contributed by atoms with Crippen molar-refractivity contribution in [1.29, 1.82) is 0 Å². The van der Waals surface area contributed by atoms with Crippen molar-refractivity contribution in [1.82, 2.24) is 15.3 Å². The van der Waals surface area contributed by atoms with Gasteiger partial charge in [-0.25, -0.2) is 9.97 Å². The molecule has 3 nitrogen and oxygen atoms in total. The molecule has 0 saturated heterocycles. The van der Waals surface area contributed by atoms with E-state index in [0.717, 1.165) is 23.3 Å². The second-order valence-corrected chi connectivity index (χ2v) is 6.62. The van der Waals surface area contributed by atoms with Crippen LogP contribution in [0, 0.1) is 6.92 Å². The molecular weight excluding hydrogens is 242 g/mol. The van der Waals surface area contributed by atoms with Gasteiger partial charge in [0.2, 0.25) is 0 Å². The highest BCUT2D eigenvalue weighted by molar-refractivity contribution is 7.99. The first-order chi connectivity index (χ1) is 8.74. The Bertz CT molecular complexity index is 347. The molecule has 1 aromatic heterocycles. The average molecular weight is 265 g/mol. The van der Waals surface area contributed by atoms with Crippen molar-refractivity contribution in [2.45, 2.75) is 62.4 Å². The van der Waals surface area contributed by atoms with Gasteiger partial charge >= 0.3 is 0 Å². The van der Waals surface area contributed by atoms with E-state index >= 15 is 0 Å². The van der Waals surface area contributed by atoms with Crippen molar-refractivity contribution in [3.8, 4) is 0 Å². The summed E-state index contributed by atoms with van der Waals surface area (Å²) < 4.78 is 0. The second-order valence-electron chi connectivity index (χ2n) is 5.21. The molecule has 1 N–H and O–H groups in total. The Kier molecular flexibility index (Phi) is 5.45. The van der Waals surface area contributed by atoms with Gasteiger partial charge in [-0.1, -0.05) is 37.9 Å². The molecule has 2 rings (SSSR count). The lowest BCUT2D eigenvalue weighted by atomic mass is 9.95. The van der Waals surface area contributed by atoms with Gasteiger partial charge in [-0.05, 0) is 25.3 Å². The van der Waals surface area contributed by atoms with E-state index in [-0.39, 0.29) is 0 Å². The summed E-state index contributed by atoms with van der Waals surface area (Å²) in [6.07, 6.45) is 10.7. The molecule has 18 heavy (non-hydrogen) atoms. The van der Waals surface area contributed by atoms with E-state index in [2.05, 4.69) is 22.2 Å². The second kappa shape index (κ2) is 7.10. The van der Waals surface area contributed by atoms with Crippen molar-refractivity contribution in [2.24, 2.45) is 0 Å². The highest BCUT2D eigenvalue weighted by atomic mass is 32.2. The molecule has 1 heterocycles. The lowest BCUT2D eigenvalue weighted by Crippen LogP contribution is -2.35. The van der Waals surface area contributed by atoms with Crippen LogP contribution in [0.1, 0.15) is 44.6 Å². The Balaban J connectivity index is 1.71. The molecule has 1 unspecified atom stereocenters. The highest BCUT2D eigenvalue weighted by Gasteiger charge is 2.14. The van der Waals surface area contributed by atoms with Gasteiger partial charge in [-0.15, -0.1) is 0 Å². The molecule has 1 saturated carbocycles. The lowest BCUT2D eigenvalue weighted by Gasteiger charge is -2.24. The molecular formula is C14H23N3S.